The number of hydrogen-bond acceptors (Lipinski definition) is 6. The lowest BCUT2D eigenvalue weighted by Crippen LogP contribution is -2.38. The van der Waals surface area contributed by atoms with Gasteiger partial charge in [-0.3, -0.25) is 14.3 Å². The van der Waals surface area contributed by atoms with Gasteiger partial charge >= 0.3 is 0 Å². The Balaban J connectivity index is 1.87. The summed E-state index contributed by atoms with van der Waals surface area (Å²) in [5.74, 6) is 0.00115. The molecule has 2 aromatic rings. The monoisotopic (exact) mass is 505 g/mol. The van der Waals surface area contributed by atoms with Crippen molar-refractivity contribution in [2.45, 2.75) is 29.6 Å². The van der Waals surface area contributed by atoms with Crippen LogP contribution in [0.4, 0.5) is 5.69 Å². The maximum atomic E-state index is 13.2. The predicted molar refractivity (Wildman–Crippen MR) is 134 cm³/mol. The number of anilines is 1. The molecule has 1 aliphatic rings. The molecular weight excluding hydrogens is 474 g/mol. The van der Waals surface area contributed by atoms with Gasteiger partial charge in [0.05, 0.1) is 28.3 Å². The first-order valence-corrected chi connectivity index (χ1v) is 13.8. The van der Waals surface area contributed by atoms with E-state index in [0.29, 0.717) is 37.7 Å². The van der Waals surface area contributed by atoms with Crippen LogP contribution in [0.15, 0.2) is 52.3 Å². The molecule has 2 amide bonds. The number of piperidine rings is 1. The van der Waals surface area contributed by atoms with Gasteiger partial charge < -0.3 is 15.0 Å². The van der Waals surface area contributed by atoms with Crippen LogP contribution in [0, 0.1) is 5.92 Å². The molecule has 0 unspecified atom stereocenters. The van der Waals surface area contributed by atoms with E-state index in [9.17, 15) is 18.0 Å². The Labute approximate surface area is 205 Å². The molecule has 2 N–H and O–H groups in total. The number of rotatable bonds is 9. The third kappa shape index (κ3) is 6.31. The summed E-state index contributed by atoms with van der Waals surface area (Å²) in [6.07, 6.45) is 3.72. The molecular formula is C24H31N3O5S2. The first kappa shape index (κ1) is 26.1. The number of likely N-dealkylation sites (tertiary alicyclic amines) is 1. The minimum Gasteiger partial charge on any atom is -0.383 e. The Kier molecular flexibility index (Phi) is 8.98. The number of benzene rings is 2. The number of nitrogens with zero attached hydrogens (tertiary/aromatic N) is 1. The molecule has 8 nitrogen and oxygen atoms in total. The van der Waals surface area contributed by atoms with Crippen molar-refractivity contribution in [3.8, 4) is 0 Å². The van der Waals surface area contributed by atoms with E-state index in [-0.39, 0.29) is 22.1 Å². The number of methoxy groups -OCH3 is 1. The highest BCUT2D eigenvalue weighted by molar-refractivity contribution is 7.98. The third-order valence-corrected chi connectivity index (χ3v) is 7.95. The molecule has 1 fully saturated rings. The Morgan fingerprint density at radius 2 is 1.82 bits per heavy atom. The molecule has 184 valence electrons. The van der Waals surface area contributed by atoms with Crippen LogP contribution in [0.2, 0.25) is 0 Å². The molecule has 10 heteroatoms. The quantitative estimate of drug-likeness (QED) is 0.400. The zero-order valence-corrected chi connectivity index (χ0v) is 21.3. The summed E-state index contributed by atoms with van der Waals surface area (Å²) >= 11 is 1.40. The summed E-state index contributed by atoms with van der Waals surface area (Å²) in [5, 5.41) is 2.69. The van der Waals surface area contributed by atoms with Crippen LogP contribution in [-0.4, -0.2) is 64.7 Å². The average molecular weight is 506 g/mol. The molecule has 1 aliphatic heterocycles. The Morgan fingerprint density at radius 1 is 1.12 bits per heavy atom. The molecule has 3 rings (SSSR count). The maximum Gasteiger partial charge on any atom is 0.261 e. The third-order valence-electron chi connectivity index (χ3n) is 5.79. The normalized spacial score (nSPS) is 14.6. The molecule has 1 heterocycles. The van der Waals surface area contributed by atoms with Crippen LogP contribution < -0.4 is 10.0 Å². The Morgan fingerprint density at radius 3 is 2.50 bits per heavy atom. The Hall–Kier alpha value is -2.56. The van der Waals surface area contributed by atoms with E-state index in [1.807, 2.05) is 6.26 Å². The molecule has 0 saturated carbocycles. The van der Waals surface area contributed by atoms with Crippen molar-refractivity contribution in [1.82, 2.24) is 10.2 Å². The maximum absolute atomic E-state index is 13.2. The van der Waals surface area contributed by atoms with E-state index >= 15 is 0 Å². The van der Waals surface area contributed by atoms with E-state index in [1.165, 1.54) is 37.1 Å². The summed E-state index contributed by atoms with van der Waals surface area (Å²) in [6.45, 7) is 4.13. The first-order chi connectivity index (χ1) is 16.3. The molecule has 0 aliphatic carbocycles. The number of sulfonamides is 1. The van der Waals surface area contributed by atoms with Crippen molar-refractivity contribution >= 4 is 39.3 Å². The second kappa shape index (κ2) is 11.7. The number of amides is 2. The van der Waals surface area contributed by atoms with Gasteiger partial charge in [0.25, 0.3) is 21.8 Å². The lowest BCUT2D eigenvalue weighted by Gasteiger charge is -2.30. The molecule has 1 saturated heterocycles. The lowest BCUT2D eigenvalue weighted by molar-refractivity contribution is 0.0693. The highest BCUT2D eigenvalue weighted by atomic mass is 32.2. The molecule has 0 aromatic heterocycles. The Bertz CT molecular complexity index is 1130. The van der Waals surface area contributed by atoms with Gasteiger partial charge in [-0.05, 0) is 55.3 Å². The fourth-order valence-corrected chi connectivity index (χ4v) is 5.41. The van der Waals surface area contributed by atoms with Gasteiger partial charge in [-0.15, -0.1) is 11.8 Å². The number of nitrogens with one attached hydrogen (secondary N) is 2. The standard InChI is InChI=1S/C24H31N3O5S2/c1-17-10-13-27(14-11-17)24(29)20-16-18(8-9-22(20)33-3)34(30,31)26-21-7-5-4-6-19(21)23(28)25-12-15-32-2/h4-9,16-17,26H,10-15H2,1-3H3,(H,25,28). The predicted octanol–water partition coefficient (Wildman–Crippen LogP) is 3.46. The van der Waals surface area contributed by atoms with Crippen molar-refractivity contribution in [3.63, 3.8) is 0 Å². The summed E-state index contributed by atoms with van der Waals surface area (Å²) in [6, 6.07) is 10.9. The topological polar surface area (TPSA) is 105 Å². The zero-order chi connectivity index (χ0) is 24.7. The van der Waals surface area contributed by atoms with Crippen LogP contribution in [0.5, 0.6) is 0 Å². The number of carbonyl (C=O) groups is 2. The van der Waals surface area contributed by atoms with Crippen molar-refractivity contribution in [2.75, 3.05) is 44.3 Å². The molecule has 0 spiro atoms. The SMILES string of the molecule is COCCNC(=O)c1ccccc1NS(=O)(=O)c1ccc(SC)c(C(=O)N2CCC(C)CC2)c1. The van der Waals surface area contributed by atoms with Gasteiger partial charge in [-0.1, -0.05) is 19.1 Å². The van der Waals surface area contributed by atoms with Crippen molar-refractivity contribution < 1.29 is 22.7 Å². The minimum absolute atomic E-state index is 0.0337. The molecule has 0 radical (unpaired) electrons. The zero-order valence-electron chi connectivity index (χ0n) is 19.7. The van der Waals surface area contributed by atoms with Gasteiger partial charge in [0, 0.05) is 31.6 Å². The smallest absolute Gasteiger partial charge is 0.261 e. The van der Waals surface area contributed by atoms with E-state index < -0.39 is 15.9 Å². The fourth-order valence-electron chi connectivity index (χ4n) is 3.74. The van der Waals surface area contributed by atoms with Crippen LogP contribution in [0.1, 0.15) is 40.5 Å². The summed E-state index contributed by atoms with van der Waals surface area (Å²) in [4.78, 5) is 28.2. The molecule has 0 bridgehead atoms. The number of thioether (sulfide) groups is 1. The second-order valence-electron chi connectivity index (χ2n) is 8.24. The van der Waals surface area contributed by atoms with E-state index in [0.717, 1.165) is 17.7 Å². The van der Waals surface area contributed by atoms with Crippen molar-refractivity contribution in [1.29, 1.82) is 0 Å². The van der Waals surface area contributed by atoms with Crippen molar-refractivity contribution in [2.24, 2.45) is 5.92 Å². The van der Waals surface area contributed by atoms with E-state index in [2.05, 4.69) is 17.0 Å². The van der Waals surface area contributed by atoms with E-state index in [1.54, 1.807) is 29.2 Å². The van der Waals surface area contributed by atoms with Gasteiger partial charge in [-0.2, -0.15) is 0 Å². The van der Waals surface area contributed by atoms with Gasteiger partial charge in [-0.25, -0.2) is 8.42 Å². The number of ether oxygens (including phenoxy) is 1. The van der Waals surface area contributed by atoms with E-state index in [4.69, 9.17) is 4.74 Å². The highest BCUT2D eigenvalue weighted by Crippen LogP contribution is 2.28. The second-order valence-corrected chi connectivity index (χ2v) is 10.8. The summed E-state index contributed by atoms with van der Waals surface area (Å²) < 4.78 is 33.9. The fraction of sp³-hybridized carbons (Fsp3) is 0.417. The van der Waals surface area contributed by atoms with Gasteiger partial charge in [0.15, 0.2) is 0 Å². The summed E-state index contributed by atoms with van der Waals surface area (Å²) in [5.41, 5.74) is 0.724. The lowest BCUT2D eigenvalue weighted by atomic mass is 9.98. The largest absolute Gasteiger partial charge is 0.383 e. The van der Waals surface area contributed by atoms with Crippen LogP contribution >= 0.6 is 11.8 Å². The molecule has 2 aromatic carbocycles. The van der Waals surface area contributed by atoms with Crippen LogP contribution in [-0.2, 0) is 14.8 Å². The van der Waals surface area contributed by atoms with Gasteiger partial charge in [0.1, 0.15) is 0 Å². The van der Waals surface area contributed by atoms with Crippen LogP contribution in [0.3, 0.4) is 0 Å². The molecule has 0 atom stereocenters. The van der Waals surface area contributed by atoms with Crippen molar-refractivity contribution in [3.05, 3.63) is 53.6 Å². The molecule has 34 heavy (non-hydrogen) atoms. The first-order valence-electron chi connectivity index (χ1n) is 11.1. The van der Waals surface area contributed by atoms with Crippen LogP contribution in [0.25, 0.3) is 0 Å². The number of carbonyl (C=O) groups excluding carboxylic acids is 2. The summed E-state index contributed by atoms with van der Waals surface area (Å²) in [7, 11) is -2.52. The number of hydrogen-bond donors (Lipinski definition) is 2. The minimum atomic E-state index is -4.05. The van der Waals surface area contributed by atoms with Gasteiger partial charge in [0.2, 0.25) is 0 Å². The number of para-hydroxylation sites is 1. The average Bonchev–Trinajstić information content (AvgIpc) is 2.84. The highest BCUT2D eigenvalue weighted by Gasteiger charge is 2.26.